The van der Waals surface area contributed by atoms with E-state index in [1.165, 1.54) is 6.33 Å². The van der Waals surface area contributed by atoms with E-state index in [0.29, 0.717) is 12.3 Å². The molecule has 0 aliphatic rings. The minimum Gasteiger partial charge on any atom is -0.324 e. The zero-order valence-electron chi connectivity index (χ0n) is 9.16. The van der Waals surface area contributed by atoms with E-state index in [0.717, 1.165) is 16.8 Å². The van der Waals surface area contributed by atoms with Gasteiger partial charge in [0.25, 0.3) is 0 Å². The van der Waals surface area contributed by atoms with Crippen molar-refractivity contribution >= 4 is 11.8 Å². The molecule has 8 heteroatoms. The van der Waals surface area contributed by atoms with Crippen LogP contribution >= 0.6 is 11.8 Å². The topological polar surface area (TPSA) is 87.4 Å². The van der Waals surface area contributed by atoms with E-state index < -0.39 is 0 Å². The monoisotopic (exact) mass is 239 g/mol. The minimum absolute atomic E-state index is 0.397. The van der Waals surface area contributed by atoms with E-state index in [1.807, 2.05) is 18.7 Å². The second kappa shape index (κ2) is 4.62. The summed E-state index contributed by atoms with van der Waals surface area (Å²) in [4.78, 5) is 4.14. The highest BCUT2D eigenvalue weighted by Gasteiger charge is 2.09. The molecule has 16 heavy (non-hydrogen) atoms. The van der Waals surface area contributed by atoms with Gasteiger partial charge in [-0.1, -0.05) is 11.8 Å². The quantitative estimate of drug-likeness (QED) is 0.737. The van der Waals surface area contributed by atoms with E-state index >= 15 is 0 Å². The Kier molecular flexibility index (Phi) is 3.20. The van der Waals surface area contributed by atoms with Crippen LogP contribution in [0.1, 0.15) is 11.6 Å². The first-order valence-corrected chi connectivity index (χ1v) is 5.75. The zero-order valence-corrected chi connectivity index (χ0v) is 9.98. The van der Waals surface area contributed by atoms with Crippen molar-refractivity contribution in [3.8, 4) is 0 Å². The van der Waals surface area contributed by atoms with Crippen molar-refractivity contribution in [3.63, 3.8) is 0 Å². The van der Waals surface area contributed by atoms with Crippen LogP contribution in [0.4, 0.5) is 0 Å². The number of rotatable bonds is 4. The molecular weight excluding hydrogens is 226 g/mol. The van der Waals surface area contributed by atoms with Crippen LogP contribution in [0.15, 0.2) is 11.5 Å². The van der Waals surface area contributed by atoms with Gasteiger partial charge < -0.3 is 10.3 Å². The number of nitrogens with two attached hydrogens (primary N) is 1. The standard InChI is InChI=1S/C8H13N7S/c1-14-6(3-9)12-13-8(14)16-4-7-10-5-11-15(7)2/h5H,3-4,9H2,1-2H3. The van der Waals surface area contributed by atoms with E-state index in [4.69, 9.17) is 5.73 Å². The molecule has 0 aromatic carbocycles. The highest BCUT2D eigenvalue weighted by molar-refractivity contribution is 7.98. The van der Waals surface area contributed by atoms with Crippen LogP contribution in [0, 0.1) is 0 Å². The molecule has 0 saturated carbocycles. The van der Waals surface area contributed by atoms with Crippen LogP contribution in [0.25, 0.3) is 0 Å². The number of nitrogens with zero attached hydrogens (tertiary/aromatic N) is 6. The lowest BCUT2D eigenvalue weighted by molar-refractivity contribution is 0.722. The SMILES string of the molecule is Cn1ncnc1CSc1nnc(CN)n1C. The summed E-state index contributed by atoms with van der Waals surface area (Å²) in [6, 6.07) is 0. The lowest BCUT2D eigenvalue weighted by Crippen LogP contribution is -2.05. The average molecular weight is 239 g/mol. The average Bonchev–Trinajstić information content (AvgIpc) is 2.83. The number of aromatic nitrogens is 6. The van der Waals surface area contributed by atoms with Crippen molar-refractivity contribution in [1.82, 2.24) is 29.5 Å². The van der Waals surface area contributed by atoms with Gasteiger partial charge in [0.15, 0.2) is 5.16 Å². The van der Waals surface area contributed by atoms with Crippen LogP contribution in [-0.4, -0.2) is 29.5 Å². The summed E-state index contributed by atoms with van der Waals surface area (Å²) in [5.74, 6) is 2.40. The van der Waals surface area contributed by atoms with Crippen LogP contribution in [-0.2, 0) is 26.4 Å². The lowest BCUT2D eigenvalue weighted by Gasteiger charge is -2.01. The lowest BCUT2D eigenvalue weighted by atomic mass is 10.6. The molecule has 2 N–H and O–H groups in total. The van der Waals surface area contributed by atoms with E-state index in [9.17, 15) is 0 Å². The second-order valence-corrected chi connectivity index (χ2v) is 4.19. The van der Waals surface area contributed by atoms with Gasteiger partial charge in [-0.05, 0) is 0 Å². The molecule has 2 aromatic rings. The fraction of sp³-hybridized carbons (Fsp3) is 0.500. The van der Waals surface area contributed by atoms with Crippen molar-refractivity contribution in [3.05, 3.63) is 18.0 Å². The maximum atomic E-state index is 5.52. The van der Waals surface area contributed by atoms with Crippen molar-refractivity contribution in [2.24, 2.45) is 19.8 Å². The number of thioether (sulfide) groups is 1. The summed E-state index contributed by atoms with van der Waals surface area (Å²) in [6.45, 7) is 0.397. The third-order valence-electron chi connectivity index (χ3n) is 2.24. The second-order valence-electron chi connectivity index (χ2n) is 3.25. The molecule has 0 aliphatic heterocycles. The molecule has 0 fully saturated rings. The Bertz CT molecular complexity index is 474. The van der Waals surface area contributed by atoms with Crippen molar-refractivity contribution < 1.29 is 0 Å². The zero-order chi connectivity index (χ0) is 11.5. The Morgan fingerprint density at radius 3 is 2.69 bits per heavy atom. The summed E-state index contributed by atoms with van der Waals surface area (Å²) >= 11 is 1.57. The van der Waals surface area contributed by atoms with Gasteiger partial charge >= 0.3 is 0 Å². The molecule has 0 saturated heterocycles. The highest BCUT2D eigenvalue weighted by Crippen LogP contribution is 2.19. The van der Waals surface area contributed by atoms with Gasteiger partial charge in [0, 0.05) is 14.1 Å². The smallest absolute Gasteiger partial charge is 0.191 e. The van der Waals surface area contributed by atoms with Crippen molar-refractivity contribution in [2.75, 3.05) is 0 Å². The van der Waals surface area contributed by atoms with Gasteiger partial charge in [-0.2, -0.15) is 5.10 Å². The fourth-order valence-corrected chi connectivity index (χ4v) is 2.15. The van der Waals surface area contributed by atoms with E-state index in [1.54, 1.807) is 16.4 Å². The largest absolute Gasteiger partial charge is 0.324 e. The predicted octanol–water partition coefficient (Wildman–Crippen LogP) is -0.305. The first-order chi connectivity index (χ1) is 7.72. The first-order valence-electron chi connectivity index (χ1n) is 4.76. The molecule has 0 atom stereocenters. The molecule has 0 unspecified atom stereocenters. The van der Waals surface area contributed by atoms with Gasteiger partial charge in [0.1, 0.15) is 18.0 Å². The summed E-state index contributed by atoms with van der Waals surface area (Å²) in [5, 5.41) is 12.9. The van der Waals surface area contributed by atoms with Crippen LogP contribution < -0.4 is 5.73 Å². The fourth-order valence-electron chi connectivity index (χ4n) is 1.23. The van der Waals surface area contributed by atoms with Gasteiger partial charge in [-0.3, -0.25) is 4.68 Å². The van der Waals surface area contributed by atoms with E-state index in [2.05, 4.69) is 20.3 Å². The molecule has 0 spiro atoms. The molecule has 86 valence electrons. The molecule has 7 nitrogen and oxygen atoms in total. The van der Waals surface area contributed by atoms with Gasteiger partial charge in [0.05, 0.1) is 12.3 Å². The molecule has 0 bridgehead atoms. The Morgan fingerprint density at radius 2 is 2.12 bits per heavy atom. The highest BCUT2D eigenvalue weighted by atomic mass is 32.2. The Morgan fingerprint density at radius 1 is 1.31 bits per heavy atom. The molecule has 0 aliphatic carbocycles. The summed E-state index contributed by atoms with van der Waals surface area (Å²) in [7, 11) is 3.77. The minimum atomic E-state index is 0.397. The molecule has 2 rings (SSSR count). The Labute approximate surface area is 97.1 Å². The van der Waals surface area contributed by atoms with Crippen molar-refractivity contribution in [2.45, 2.75) is 17.5 Å². The molecule has 0 amide bonds. The maximum Gasteiger partial charge on any atom is 0.191 e. The van der Waals surface area contributed by atoms with Crippen LogP contribution in [0.5, 0.6) is 0 Å². The maximum absolute atomic E-state index is 5.52. The normalized spacial score (nSPS) is 10.9. The van der Waals surface area contributed by atoms with Crippen molar-refractivity contribution in [1.29, 1.82) is 0 Å². The molecule has 0 radical (unpaired) electrons. The van der Waals surface area contributed by atoms with Crippen LogP contribution in [0.3, 0.4) is 0 Å². The number of hydrogen-bond donors (Lipinski definition) is 1. The molecule has 2 heterocycles. The Hall–Kier alpha value is -1.41. The summed E-state index contributed by atoms with van der Waals surface area (Å²) in [5.41, 5.74) is 5.52. The first kappa shape index (κ1) is 11.1. The third kappa shape index (κ3) is 2.07. The third-order valence-corrected chi connectivity index (χ3v) is 3.26. The summed E-state index contributed by atoms with van der Waals surface area (Å²) in [6.07, 6.45) is 1.54. The van der Waals surface area contributed by atoms with Gasteiger partial charge in [-0.15, -0.1) is 10.2 Å². The predicted molar refractivity (Wildman–Crippen MR) is 59.5 cm³/mol. The number of hydrogen-bond acceptors (Lipinski definition) is 6. The molecular formula is C8H13N7S. The van der Waals surface area contributed by atoms with Gasteiger partial charge in [-0.25, -0.2) is 4.98 Å². The van der Waals surface area contributed by atoms with Gasteiger partial charge in [0.2, 0.25) is 0 Å². The Balaban J connectivity index is 2.05. The number of aryl methyl sites for hydroxylation is 1. The van der Waals surface area contributed by atoms with Crippen LogP contribution in [0.2, 0.25) is 0 Å². The summed E-state index contributed by atoms with van der Waals surface area (Å²) < 4.78 is 3.63. The molecule has 2 aromatic heterocycles. The van der Waals surface area contributed by atoms with E-state index in [-0.39, 0.29) is 0 Å².